The maximum atomic E-state index is 11.7. The van der Waals surface area contributed by atoms with E-state index in [0.717, 1.165) is 11.4 Å². The molecule has 88 valence electrons. The minimum absolute atomic E-state index is 0.0653. The Morgan fingerprint density at radius 2 is 2.12 bits per heavy atom. The van der Waals surface area contributed by atoms with Gasteiger partial charge >= 0.3 is 0 Å². The van der Waals surface area contributed by atoms with Crippen molar-refractivity contribution >= 4 is 5.91 Å². The predicted molar refractivity (Wildman–Crippen MR) is 63.6 cm³/mol. The van der Waals surface area contributed by atoms with E-state index in [9.17, 15) is 4.79 Å². The molecular formula is C12H14N4O. The Labute approximate surface area is 99.3 Å². The van der Waals surface area contributed by atoms with Gasteiger partial charge in [0.1, 0.15) is 12.2 Å². The van der Waals surface area contributed by atoms with E-state index in [1.165, 1.54) is 6.33 Å². The molecule has 2 aromatic rings. The van der Waals surface area contributed by atoms with Crippen molar-refractivity contribution in [3.8, 4) is 0 Å². The van der Waals surface area contributed by atoms with Crippen molar-refractivity contribution in [1.29, 1.82) is 0 Å². The lowest BCUT2D eigenvalue weighted by molar-refractivity contribution is 0.0954. The molecule has 0 aliphatic carbocycles. The molecule has 1 amide bonds. The second kappa shape index (κ2) is 5.25. The molecule has 0 saturated heterocycles. The summed E-state index contributed by atoms with van der Waals surface area (Å²) < 4.78 is 0. The standard InChI is InChI=1S/C12H14N4O/c1-9-2-4-10(5-3-9)12(17)13-7-6-11-14-8-15-16-11/h2-5,8H,6-7H2,1H3,(H,13,17)(H,14,15,16). The third-order valence-corrected chi connectivity index (χ3v) is 2.43. The normalized spacial score (nSPS) is 10.2. The highest BCUT2D eigenvalue weighted by molar-refractivity contribution is 5.94. The van der Waals surface area contributed by atoms with Gasteiger partial charge in [0.2, 0.25) is 0 Å². The van der Waals surface area contributed by atoms with Crippen LogP contribution in [0.25, 0.3) is 0 Å². The van der Waals surface area contributed by atoms with Crippen molar-refractivity contribution in [3.63, 3.8) is 0 Å². The van der Waals surface area contributed by atoms with E-state index >= 15 is 0 Å². The third-order valence-electron chi connectivity index (χ3n) is 2.43. The molecule has 0 fully saturated rings. The predicted octanol–water partition coefficient (Wildman–Crippen LogP) is 1.09. The van der Waals surface area contributed by atoms with Crippen molar-refractivity contribution in [2.75, 3.05) is 6.54 Å². The van der Waals surface area contributed by atoms with Gasteiger partial charge in [-0.1, -0.05) is 17.7 Å². The molecule has 2 N–H and O–H groups in total. The van der Waals surface area contributed by atoms with E-state index in [1.54, 1.807) is 0 Å². The number of hydrogen-bond acceptors (Lipinski definition) is 3. The van der Waals surface area contributed by atoms with E-state index in [4.69, 9.17) is 0 Å². The zero-order valence-electron chi connectivity index (χ0n) is 9.60. The summed E-state index contributed by atoms with van der Waals surface area (Å²) in [4.78, 5) is 15.7. The minimum Gasteiger partial charge on any atom is -0.352 e. The Morgan fingerprint density at radius 3 is 2.76 bits per heavy atom. The van der Waals surface area contributed by atoms with Crippen LogP contribution in [-0.2, 0) is 6.42 Å². The number of aromatic amines is 1. The van der Waals surface area contributed by atoms with Gasteiger partial charge in [0.05, 0.1) is 0 Å². The van der Waals surface area contributed by atoms with Gasteiger partial charge in [0.15, 0.2) is 0 Å². The summed E-state index contributed by atoms with van der Waals surface area (Å²) in [5.41, 5.74) is 1.82. The first kappa shape index (κ1) is 11.3. The highest BCUT2D eigenvalue weighted by Crippen LogP contribution is 2.02. The largest absolute Gasteiger partial charge is 0.352 e. The fraction of sp³-hybridized carbons (Fsp3) is 0.250. The molecule has 0 unspecified atom stereocenters. The van der Waals surface area contributed by atoms with Crippen LogP contribution in [0.4, 0.5) is 0 Å². The Kier molecular flexibility index (Phi) is 3.49. The summed E-state index contributed by atoms with van der Waals surface area (Å²) in [6, 6.07) is 7.48. The Bertz CT molecular complexity index is 476. The smallest absolute Gasteiger partial charge is 0.251 e. The van der Waals surface area contributed by atoms with Crippen LogP contribution in [0.2, 0.25) is 0 Å². The van der Waals surface area contributed by atoms with Crippen LogP contribution in [0, 0.1) is 6.92 Å². The SMILES string of the molecule is Cc1ccc(C(=O)NCCc2ncn[nH]2)cc1. The molecule has 0 aliphatic heterocycles. The van der Waals surface area contributed by atoms with Crippen molar-refractivity contribution in [1.82, 2.24) is 20.5 Å². The molecule has 0 aliphatic rings. The summed E-state index contributed by atoms with van der Waals surface area (Å²) in [5, 5.41) is 9.31. The van der Waals surface area contributed by atoms with Crippen LogP contribution in [0.15, 0.2) is 30.6 Å². The lowest BCUT2D eigenvalue weighted by atomic mass is 10.1. The number of nitrogens with one attached hydrogen (secondary N) is 2. The molecule has 1 aromatic carbocycles. The van der Waals surface area contributed by atoms with E-state index in [0.29, 0.717) is 18.5 Å². The summed E-state index contributed by atoms with van der Waals surface area (Å²) in [7, 11) is 0. The van der Waals surface area contributed by atoms with Gasteiger partial charge in [-0.3, -0.25) is 9.89 Å². The van der Waals surface area contributed by atoms with Crippen LogP contribution in [-0.4, -0.2) is 27.6 Å². The van der Waals surface area contributed by atoms with Gasteiger partial charge in [-0.25, -0.2) is 4.98 Å². The minimum atomic E-state index is -0.0653. The highest BCUT2D eigenvalue weighted by Gasteiger charge is 2.04. The highest BCUT2D eigenvalue weighted by atomic mass is 16.1. The average molecular weight is 230 g/mol. The Balaban J connectivity index is 1.83. The number of carbonyl (C=O) groups is 1. The second-order valence-corrected chi connectivity index (χ2v) is 3.80. The molecule has 0 bridgehead atoms. The van der Waals surface area contributed by atoms with Gasteiger partial charge in [-0.05, 0) is 19.1 Å². The number of benzene rings is 1. The molecule has 5 nitrogen and oxygen atoms in total. The number of hydrogen-bond donors (Lipinski definition) is 2. The molecule has 1 heterocycles. The van der Waals surface area contributed by atoms with Gasteiger partial charge in [-0.15, -0.1) is 0 Å². The fourth-order valence-electron chi connectivity index (χ4n) is 1.45. The van der Waals surface area contributed by atoms with Crippen LogP contribution in [0.1, 0.15) is 21.7 Å². The fourth-order valence-corrected chi connectivity index (χ4v) is 1.45. The summed E-state index contributed by atoms with van der Waals surface area (Å²) in [5.74, 6) is 0.707. The van der Waals surface area contributed by atoms with E-state index in [2.05, 4.69) is 20.5 Å². The molecule has 1 aromatic heterocycles. The van der Waals surface area contributed by atoms with E-state index in [-0.39, 0.29) is 5.91 Å². The topological polar surface area (TPSA) is 70.7 Å². The molecular weight excluding hydrogens is 216 g/mol. The Hall–Kier alpha value is -2.17. The lowest BCUT2D eigenvalue weighted by Crippen LogP contribution is -2.25. The summed E-state index contributed by atoms with van der Waals surface area (Å²) in [6.45, 7) is 2.54. The number of H-pyrrole nitrogens is 1. The first-order valence-electron chi connectivity index (χ1n) is 5.45. The quantitative estimate of drug-likeness (QED) is 0.825. The van der Waals surface area contributed by atoms with Crippen molar-refractivity contribution in [2.24, 2.45) is 0 Å². The number of aromatic nitrogens is 3. The van der Waals surface area contributed by atoms with Gasteiger partial charge < -0.3 is 5.32 Å². The van der Waals surface area contributed by atoms with Gasteiger partial charge in [0.25, 0.3) is 5.91 Å². The summed E-state index contributed by atoms with van der Waals surface area (Å²) >= 11 is 0. The first-order valence-corrected chi connectivity index (χ1v) is 5.45. The molecule has 0 radical (unpaired) electrons. The maximum absolute atomic E-state index is 11.7. The first-order chi connectivity index (χ1) is 8.25. The van der Waals surface area contributed by atoms with Crippen molar-refractivity contribution in [2.45, 2.75) is 13.3 Å². The second-order valence-electron chi connectivity index (χ2n) is 3.80. The zero-order valence-corrected chi connectivity index (χ0v) is 9.60. The van der Waals surface area contributed by atoms with Crippen LogP contribution >= 0.6 is 0 Å². The number of aryl methyl sites for hydroxylation is 1. The average Bonchev–Trinajstić information content (AvgIpc) is 2.83. The molecule has 0 atom stereocenters. The molecule has 2 rings (SSSR count). The molecule has 0 saturated carbocycles. The lowest BCUT2D eigenvalue weighted by Gasteiger charge is -2.04. The number of rotatable bonds is 4. The van der Waals surface area contributed by atoms with Crippen molar-refractivity contribution < 1.29 is 4.79 Å². The van der Waals surface area contributed by atoms with Gasteiger partial charge in [0, 0.05) is 18.5 Å². The number of carbonyl (C=O) groups excluding carboxylic acids is 1. The van der Waals surface area contributed by atoms with Crippen LogP contribution in [0.5, 0.6) is 0 Å². The van der Waals surface area contributed by atoms with E-state index in [1.807, 2.05) is 31.2 Å². The number of amides is 1. The molecule has 17 heavy (non-hydrogen) atoms. The number of nitrogens with zero attached hydrogens (tertiary/aromatic N) is 2. The van der Waals surface area contributed by atoms with Gasteiger partial charge in [-0.2, -0.15) is 5.10 Å². The third kappa shape index (κ3) is 3.14. The monoisotopic (exact) mass is 230 g/mol. The maximum Gasteiger partial charge on any atom is 0.251 e. The van der Waals surface area contributed by atoms with Crippen molar-refractivity contribution in [3.05, 3.63) is 47.5 Å². The molecule has 0 spiro atoms. The molecule has 5 heteroatoms. The van der Waals surface area contributed by atoms with Crippen LogP contribution in [0.3, 0.4) is 0 Å². The zero-order chi connectivity index (χ0) is 12.1. The van der Waals surface area contributed by atoms with E-state index < -0.39 is 0 Å². The Morgan fingerprint density at radius 1 is 1.35 bits per heavy atom. The summed E-state index contributed by atoms with van der Waals surface area (Å²) in [6.07, 6.45) is 2.11. The van der Waals surface area contributed by atoms with Crippen LogP contribution < -0.4 is 5.32 Å².